The number of nitrogens with zero attached hydrogens (tertiary/aromatic N) is 7. The van der Waals surface area contributed by atoms with E-state index >= 15 is 0 Å². The smallest absolute Gasteiger partial charge is 0.277 e. The molecule has 0 spiro atoms. The van der Waals surface area contributed by atoms with Gasteiger partial charge in [-0.15, -0.1) is 5.10 Å². The molecule has 0 saturated heterocycles. The van der Waals surface area contributed by atoms with E-state index in [1.54, 1.807) is 24.3 Å². The molecule has 0 atom stereocenters. The first-order chi connectivity index (χ1) is 12.7. The second-order valence-electron chi connectivity index (χ2n) is 4.89. The first-order valence-corrected chi connectivity index (χ1v) is 8.11. The standard InChI is InChI=1S/C15H9FN8OS/c16-12-11(9-4-1-2-5-17-9)21-15(26-12)22-13(25)10-8-20-23-24(10)14-18-6-3-7-19-14/h1-8H,(H,21,22,25). The second kappa shape index (κ2) is 6.72. The van der Waals surface area contributed by atoms with Crippen LogP contribution in [0.2, 0.25) is 0 Å². The van der Waals surface area contributed by atoms with Gasteiger partial charge in [0.1, 0.15) is 5.69 Å². The molecule has 4 aromatic heterocycles. The van der Waals surface area contributed by atoms with Crippen molar-refractivity contribution in [2.24, 2.45) is 0 Å². The lowest BCUT2D eigenvalue weighted by atomic mass is 10.3. The Morgan fingerprint density at radius 3 is 2.69 bits per heavy atom. The largest absolute Gasteiger partial charge is 0.296 e. The van der Waals surface area contributed by atoms with E-state index in [0.29, 0.717) is 17.0 Å². The lowest BCUT2D eigenvalue weighted by Crippen LogP contribution is -2.18. The number of rotatable bonds is 4. The molecule has 4 rings (SSSR count). The number of amides is 1. The van der Waals surface area contributed by atoms with Gasteiger partial charge in [-0.2, -0.15) is 9.07 Å². The van der Waals surface area contributed by atoms with Crippen LogP contribution in [0.25, 0.3) is 17.3 Å². The van der Waals surface area contributed by atoms with Crippen molar-refractivity contribution in [2.75, 3.05) is 5.32 Å². The van der Waals surface area contributed by atoms with Gasteiger partial charge in [0.2, 0.25) is 5.13 Å². The molecule has 0 fully saturated rings. The Hall–Kier alpha value is -3.60. The maximum absolute atomic E-state index is 14.1. The van der Waals surface area contributed by atoms with Gasteiger partial charge in [-0.3, -0.25) is 15.1 Å². The number of anilines is 1. The maximum Gasteiger partial charge on any atom is 0.277 e. The Morgan fingerprint density at radius 1 is 1.12 bits per heavy atom. The summed E-state index contributed by atoms with van der Waals surface area (Å²) in [7, 11) is 0. The summed E-state index contributed by atoms with van der Waals surface area (Å²) in [4.78, 5) is 28.7. The number of nitrogens with one attached hydrogen (secondary N) is 1. The van der Waals surface area contributed by atoms with Gasteiger partial charge in [0.05, 0.1) is 11.9 Å². The normalized spacial score (nSPS) is 10.7. The highest BCUT2D eigenvalue weighted by molar-refractivity contribution is 7.14. The Balaban J connectivity index is 1.60. The van der Waals surface area contributed by atoms with E-state index in [1.165, 1.54) is 29.5 Å². The van der Waals surface area contributed by atoms with Gasteiger partial charge in [0.15, 0.2) is 10.8 Å². The molecule has 0 saturated carbocycles. The van der Waals surface area contributed by atoms with Gasteiger partial charge in [-0.1, -0.05) is 22.6 Å². The minimum absolute atomic E-state index is 0.0731. The molecule has 11 heteroatoms. The summed E-state index contributed by atoms with van der Waals surface area (Å²) >= 11 is 0.705. The SMILES string of the molecule is O=C(Nc1nc(-c2ccccn2)c(F)s1)c1cnnn1-c1ncccn1. The number of hydrogen-bond acceptors (Lipinski definition) is 8. The van der Waals surface area contributed by atoms with Crippen LogP contribution in [0.15, 0.2) is 49.1 Å². The first kappa shape index (κ1) is 15.9. The van der Waals surface area contributed by atoms with Crippen LogP contribution in [-0.2, 0) is 0 Å². The molecule has 26 heavy (non-hydrogen) atoms. The molecule has 0 aliphatic carbocycles. The van der Waals surface area contributed by atoms with E-state index in [9.17, 15) is 9.18 Å². The minimum atomic E-state index is -0.566. The number of pyridine rings is 1. The molecule has 0 unspecified atom stereocenters. The van der Waals surface area contributed by atoms with Gasteiger partial charge in [-0.25, -0.2) is 15.0 Å². The van der Waals surface area contributed by atoms with Crippen molar-refractivity contribution >= 4 is 22.4 Å². The topological polar surface area (TPSA) is 111 Å². The second-order valence-corrected chi connectivity index (χ2v) is 5.84. The molecule has 128 valence electrons. The number of carbonyl (C=O) groups excluding carboxylic acids is 1. The first-order valence-electron chi connectivity index (χ1n) is 7.29. The molecule has 0 aromatic carbocycles. The monoisotopic (exact) mass is 368 g/mol. The Kier molecular flexibility index (Phi) is 4.11. The van der Waals surface area contributed by atoms with Crippen molar-refractivity contribution in [3.8, 4) is 17.3 Å². The van der Waals surface area contributed by atoms with Crippen LogP contribution in [0.5, 0.6) is 0 Å². The van der Waals surface area contributed by atoms with Gasteiger partial charge in [0, 0.05) is 18.6 Å². The van der Waals surface area contributed by atoms with Gasteiger partial charge in [0.25, 0.3) is 11.9 Å². The number of carbonyl (C=O) groups is 1. The van der Waals surface area contributed by atoms with Crippen molar-refractivity contribution in [2.45, 2.75) is 0 Å². The van der Waals surface area contributed by atoms with Crippen molar-refractivity contribution in [1.82, 2.24) is 34.9 Å². The third-order valence-corrected chi connectivity index (χ3v) is 4.00. The van der Waals surface area contributed by atoms with E-state index in [0.717, 1.165) is 0 Å². The van der Waals surface area contributed by atoms with Crippen molar-refractivity contribution in [1.29, 1.82) is 0 Å². The molecule has 4 aromatic rings. The summed E-state index contributed by atoms with van der Waals surface area (Å²) in [5.41, 5.74) is 0.543. The number of aromatic nitrogens is 7. The Labute approximate surface area is 149 Å². The maximum atomic E-state index is 14.1. The van der Waals surface area contributed by atoms with Gasteiger partial charge in [-0.05, 0) is 18.2 Å². The van der Waals surface area contributed by atoms with Crippen LogP contribution >= 0.6 is 11.3 Å². The lowest BCUT2D eigenvalue weighted by Gasteiger charge is -2.03. The minimum Gasteiger partial charge on any atom is -0.296 e. The van der Waals surface area contributed by atoms with Gasteiger partial charge < -0.3 is 0 Å². The molecule has 9 nitrogen and oxygen atoms in total. The molecule has 0 aliphatic heterocycles. The van der Waals surface area contributed by atoms with E-state index in [-0.39, 0.29) is 22.5 Å². The summed E-state index contributed by atoms with van der Waals surface area (Å²) < 4.78 is 15.3. The number of thiazole rings is 1. The van der Waals surface area contributed by atoms with Crippen molar-refractivity contribution in [3.05, 3.63) is 59.9 Å². The molecule has 4 heterocycles. The number of hydrogen-bond donors (Lipinski definition) is 1. The van der Waals surface area contributed by atoms with Crippen molar-refractivity contribution < 1.29 is 9.18 Å². The Bertz CT molecular complexity index is 1050. The zero-order valence-electron chi connectivity index (χ0n) is 12.9. The zero-order valence-corrected chi connectivity index (χ0v) is 13.8. The van der Waals surface area contributed by atoms with Crippen LogP contribution in [-0.4, -0.2) is 40.8 Å². The van der Waals surface area contributed by atoms with E-state index in [2.05, 4.69) is 35.6 Å². The van der Waals surface area contributed by atoms with E-state index in [4.69, 9.17) is 0 Å². The highest BCUT2D eigenvalue weighted by atomic mass is 32.1. The average molecular weight is 368 g/mol. The summed E-state index contributed by atoms with van der Waals surface area (Å²) in [5.74, 6) is -0.376. The summed E-state index contributed by atoms with van der Waals surface area (Å²) in [6, 6.07) is 6.72. The quantitative estimate of drug-likeness (QED) is 0.586. The molecule has 1 N–H and O–H groups in total. The summed E-state index contributed by atoms with van der Waals surface area (Å²) in [6.45, 7) is 0. The molecule has 1 amide bonds. The lowest BCUT2D eigenvalue weighted by molar-refractivity contribution is 0.101. The average Bonchev–Trinajstić information content (AvgIpc) is 3.30. The highest BCUT2D eigenvalue weighted by Crippen LogP contribution is 2.28. The Morgan fingerprint density at radius 2 is 1.92 bits per heavy atom. The van der Waals surface area contributed by atoms with Crippen LogP contribution in [0.1, 0.15) is 10.5 Å². The fraction of sp³-hybridized carbons (Fsp3) is 0. The van der Waals surface area contributed by atoms with Crippen LogP contribution in [0, 0.1) is 5.13 Å². The fourth-order valence-electron chi connectivity index (χ4n) is 2.12. The highest BCUT2D eigenvalue weighted by Gasteiger charge is 2.20. The van der Waals surface area contributed by atoms with E-state index in [1.807, 2.05) is 0 Å². The third kappa shape index (κ3) is 3.02. The molecule has 0 radical (unpaired) electrons. The summed E-state index contributed by atoms with van der Waals surface area (Å²) in [6.07, 6.45) is 5.83. The zero-order chi connectivity index (χ0) is 17.9. The van der Waals surface area contributed by atoms with Crippen LogP contribution in [0.3, 0.4) is 0 Å². The number of halogens is 1. The summed E-state index contributed by atoms with van der Waals surface area (Å²) in [5, 5.41) is 9.58. The van der Waals surface area contributed by atoms with Crippen LogP contribution < -0.4 is 5.32 Å². The van der Waals surface area contributed by atoms with Crippen molar-refractivity contribution in [3.63, 3.8) is 0 Å². The molecular weight excluding hydrogens is 359 g/mol. The predicted molar refractivity (Wildman–Crippen MR) is 90.2 cm³/mol. The molecule has 0 bridgehead atoms. The fourth-order valence-corrected chi connectivity index (χ4v) is 2.81. The van der Waals surface area contributed by atoms with Gasteiger partial charge >= 0.3 is 0 Å². The molecule has 0 aliphatic rings. The van der Waals surface area contributed by atoms with Crippen LogP contribution in [0.4, 0.5) is 9.52 Å². The third-order valence-electron chi connectivity index (χ3n) is 3.24. The predicted octanol–water partition coefficient (Wildman–Crippen LogP) is 1.97. The molecular formula is C15H9FN8OS. The van der Waals surface area contributed by atoms with E-state index < -0.39 is 11.0 Å².